The number of benzene rings is 1. The van der Waals surface area contributed by atoms with Gasteiger partial charge in [0.2, 0.25) is 5.91 Å². The first-order chi connectivity index (χ1) is 13.3. The lowest BCUT2D eigenvalue weighted by Gasteiger charge is -2.10. The van der Waals surface area contributed by atoms with Crippen LogP contribution in [0.15, 0.2) is 38.9 Å². The Morgan fingerprint density at radius 1 is 1.14 bits per heavy atom. The lowest BCUT2D eigenvalue weighted by Crippen LogP contribution is -2.37. The topological polar surface area (TPSA) is 98.9 Å². The number of carbonyl (C=O) groups is 1. The summed E-state index contributed by atoms with van der Waals surface area (Å²) in [6, 6.07) is 5.83. The zero-order chi connectivity index (χ0) is 20.4. The molecule has 0 atom stereocenters. The Bertz CT molecular complexity index is 1170. The van der Waals surface area contributed by atoms with E-state index in [1.54, 1.807) is 19.1 Å². The van der Waals surface area contributed by atoms with Crippen molar-refractivity contribution >= 4 is 28.7 Å². The molecule has 3 aromatic rings. The second kappa shape index (κ2) is 7.93. The van der Waals surface area contributed by atoms with Crippen LogP contribution in [0.4, 0.5) is 4.39 Å². The predicted molar refractivity (Wildman–Crippen MR) is 104 cm³/mol. The zero-order valence-electron chi connectivity index (χ0n) is 15.5. The van der Waals surface area contributed by atoms with Gasteiger partial charge in [0.15, 0.2) is 5.65 Å². The smallest absolute Gasteiger partial charge is 0.332 e. The summed E-state index contributed by atoms with van der Waals surface area (Å²) in [5.74, 6) is -0.184. The second-order valence-corrected chi connectivity index (χ2v) is 7.14. The number of fused-ring (bicyclic) bond motifs is 1. The molecule has 2 heterocycles. The summed E-state index contributed by atoms with van der Waals surface area (Å²) in [5, 5.41) is 3.28. The van der Waals surface area contributed by atoms with Crippen LogP contribution in [0.25, 0.3) is 11.0 Å². The van der Waals surface area contributed by atoms with Gasteiger partial charge in [-0.05, 0) is 24.6 Å². The fraction of sp³-hybridized carbons (Fsp3) is 0.278. The Morgan fingerprint density at radius 2 is 1.82 bits per heavy atom. The molecule has 0 fully saturated rings. The third kappa shape index (κ3) is 3.96. The molecule has 1 amide bonds. The Balaban J connectivity index is 1.80. The van der Waals surface area contributed by atoms with Crippen LogP contribution < -0.4 is 16.6 Å². The van der Waals surface area contributed by atoms with Gasteiger partial charge in [0, 0.05) is 20.6 Å². The average molecular weight is 403 g/mol. The highest BCUT2D eigenvalue weighted by Gasteiger charge is 2.17. The lowest BCUT2D eigenvalue weighted by molar-refractivity contribution is -0.118. The zero-order valence-corrected chi connectivity index (χ0v) is 16.3. The van der Waals surface area contributed by atoms with Crippen molar-refractivity contribution in [2.75, 3.05) is 5.75 Å². The molecular formula is C18H18FN5O3S. The molecule has 1 aromatic carbocycles. The molecule has 146 valence electrons. The first kappa shape index (κ1) is 19.7. The maximum atomic E-state index is 12.9. The van der Waals surface area contributed by atoms with E-state index in [0.717, 1.165) is 21.9 Å². The first-order valence-corrected chi connectivity index (χ1v) is 9.35. The summed E-state index contributed by atoms with van der Waals surface area (Å²) >= 11 is 1.10. The molecule has 10 heteroatoms. The molecule has 0 aliphatic carbocycles. The molecule has 0 saturated carbocycles. The van der Waals surface area contributed by atoms with Crippen molar-refractivity contribution in [1.82, 2.24) is 24.4 Å². The maximum absolute atomic E-state index is 12.9. The molecule has 0 saturated heterocycles. The van der Waals surface area contributed by atoms with Crippen molar-refractivity contribution < 1.29 is 9.18 Å². The number of aromatic nitrogens is 4. The molecule has 0 spiro atoms. The highest BCUT2D eigenvalue weighted by molar-refractivity contribution is 8.00. The van der Waals surface area contributed by atoms with Gasteiger partial charge in [0.25, 0.3) is 5.56 Å². The minimum atomic E-state index is -0.507. The minimum absolute atomic E-state index is 0.0265. The van der Waals surface area contributed by atoms with Gasteiger partial charge in [-0.3, -0.25) is 18.7 Å². The van der Waals surface area contributed by atoms with Crippen LogP contribution in [0.3, 0.4) is 0 Å². The first-order valence-electron chi connectivity index (χ1n) is 8.36. The van der Waals surface area contributed by atoms with Crippen LogP contribution >= 0.6 is 11.8 Å². The Labute approximate surface area is 163 Å². The van der Waals surface area contributed by atoms with E-state index in [0.29, 0.717) is 10.9 Å². The van der Waals surface area contributed by atoms with E-state index in [-0.39, 0.29) is 35.1 Å². The Kier molecular flexibility index (Phi) is 5.59. The summed E-state index contributed by atoms with van der Waals surface area (Å²) in [5.41, 5.74) is 0.0117. The summed E-state index contributed by atoms with van der Waals surface area (Å²) in [4.78, 5) is 45.3. The predicted octanol–water partition coefficient (Wildman–Crippen LogP) is 0.883. The summed E-state index contributed by atoms with van der Waals surface area (Å²) in [6.45, 7) is 1.92. The number of hydrogen-bond acceptors (Lipinski definition) is 6. The molecule has 8 nitrogen and oxygen atoms in total. The average Bonchev–Trinajstić information content (AvgIpc) is 2.68. The molecule has 1 N–H and O–H groups in total. The van der Waals surface area contributed by atoms with E-state index in [2.05, 4.69) is 15.3 Å². The SMILES string of the molecule is Cc1nc(SCC(=O)NCc2ccc(F)cc2)c2c(=O)n(C)c(=O)n(C)c2n1. The number of aryl methyl sites for hydroxylation is 2. The van der Waals surface area contributed by atoms with Crippen LogP contribution in [0.1, 0.15) is 11.4 Å². The highest BCUT2D eigenvalue weighted by Crippen LogP contribution is 2.21. The number of carbonyl (C=O) groups excluding carboxylic acids is 1. The van der Waals surface area contributed by atoms with Crippen LogP contribution in [-0.4, -0.2) is 30.8 Å². The number of amides is 1. The molecule has 0 aliphatic rings. The Morgan fingerprint density at radius 3 is 2.50 bits per heavy atom. The van der Waals surface area contributed by atoms with Crippen LogP contribution in [0.5, 0.6) is 0 Å². The molecule has 0 unspecified atom stereocenters. The van der Waals surface area contributed by atoms with E-state index in [4.69, 9.17) is 0 Å². The van der Waals surface area contributed by atoms with Crippen molar-refractivity contribution in [3.8, 4) is 0 Å². The summed E-state index contributed by atoms with van der Waals surface area (Å²) < 4.78 is 15.2. The van der Waals surface area contributed by atoms with Gasteiger partial charge in [-0.15, -0.1) is 0 Å². The second-order valence-electron chi connectivity index (χ2n) is 6.17. The monoisotopic (exact) mass is 403 g/mol. The van der Waals surface area contributed by atoms with Gasteiger partial charge in [-0.2, -0.15) is 0 Å². The van der Waals surface area contributed by atoms with Crippen LogP contribution in [-0.2, 0) is 25.4 Å². The molecule has 2 aromatic heterocycles. The number of nitrogens with zero attached hydrogens (tertiary/aromatic N) is 4. The minimum Gasteiger partial charge on any atom is -0.351 e. The van der Waals surface area contributed by atoms with Crippen molar-refractivity contribution in [3.05, 3.63) is 62.3 Å². The largest absolute Gasteiger partial charge is 0.351 e. The third-order valence-corrected chi connectivity index (χ3v) is 5.10. The van der Waals surface area contributed by atoms with E-state index in [1.165, 1.54) is 30.8 Å². The summed E-state index contributed by atoms with van der Waals surface area (Å²) in [6.07, 6.45) is 0. The third-order valence-electron chi connectivity index (χ3n) is 4.12. The number of rotatable bonds is 5. The molecule has 28 heavy (non-hydrogen) atoms. The maximum Gasteiger partial charge on any atom is 0.332 e. The normalized spacial score (nSPS) is 11.0. The van der Waals surface area contributed by atoms with Gasteiger partial charge in [0.05, 0.1) is 5.75 Å². The van der Waals surface area contributed by atoms with Crippen LogP contribution in [0.2, 0.25) is 0 Å². The van der Waals surface area contributed by atoms with E-state index in [1.807, 2.05) is 0 Å². The van der Waals surface area contributed by atoms with Gasteiger partial charge in [-0.25, -0.2) is 19.2 Å². The molecular weight excluding hydrogens is 385 g/mol. The molecule has 3 rings (SSSR count). The molecule has 0 bridgehead atoms. The number of thioether (sulfide) groups is 1. The lowest BCUT2D eigenvalue weighted by atomic mass is 10.2. The fourth-order valence-corrected chi connectivity index (χ4v) is 3.51. The molecule has 0 aliphatic heterocycles. The summed E-state index contributed by atoms with van der Waals surface area (Å²) in [7, 11) is 2.91. The van der Waals surface area contributed by atoms with Gasteiger partial charge in [0.1, 0.15) is 22.1 Å². The highest BCUT2D eigenvalue weighted by atomic mass is 32.2. The van der Waals surface area contributed by atoms with Gasteiger partial charge >= 0.3 is 5.69 Å². The van der Waals surface area contributed by atoms with E-state index < -0.39 is 11.2 Å². The van der Waals surface area contributed by atoms with E-state index >= 15 is 0 Å². The number of halogens is 1. The van der Waals surface area contributed by atoms with Gasteiger partial charge in [-0.1, -0.05) is 23.9 Å². The quantitative estimate of drug-likeness (QED) is 0.502. The van der Waals surface area contributed by atoms with Crippen molar-refractivity contribution in [3.63, 3.8) is 0 Å². The number of hydrogen-bond donors (Lipinski definition) is 1. The van der Waals surface area contributed by atoms with Crippen molar-refractivity contribution in [1.29, 1.82) is 0 Å². The van der Waals surface area contributed by atoms with Crippen molar-refractivity contribution in [2.24, 2.45) is 14.1 Å². The van der Waals surface area contributed by atoms with E-state index in [9.17, 15) is 18.8 Å². The molecule has 0 radical (unpaired) electrons. The van der Waals surface area contributed by atoms with Gasteiger partial charge < -0.3 is 5.32 Å². The number of nitrogens with one attached hydrogen (secondary N) is 1. The standard InChI is InChI=1S/C18H18FN5O3S/c1-10-21-15-14(17(26)24(3)18(27)23(15)2)16(22-10)28-9-13(25)20-8-11-4-6-12(19)7-5-11/h4-7H,8-9H2,1-3H3,(H,20,25). The van der Waals surface area contributed by atoms with Crippen molar-refractivity contribution in [2.45, 2.75) is 18.5 Å². The Hall–Kier alpha value is -3.01. The fourth-order valence-electron chi connectivity index (χ4n) is 2.62. The van der Waals surface area contributed by atoms with Crippen LogP contribution in [0, 0.1) is 12.7 Å².